The highest BCUT2D eigenvalue weighted by atomic mass is 32.2. The van der Waals surface area contributed by atoms with Crippen molar-refractivity contribution in [2.45, 2.75) is 25.2 Å². The standard InChI is InChI=1S/C25H29N3O3S/c1-18-5-6-19(2)24(17-18)32(30,31)27-23-13-9-21(10-14-23)25(29)26-22-11-7-20(8-12-22)15-16-28(3)4/h5-14,17,27H,15-16H2,1-4H3,(H,26,29). The van der Waals surface area contributed by atoms with E-state index in [4.69, 9.17) is 0 Å². The van der Waals surface area contributed by atoms with Gasteiger partial charge in [0.1, 0.15) is 0 Å². The Balaban J connectivity index is 1.65. The molecule has 0 fully saturated rings. The van der Waals surface area contributed by atoms with Crippen LogP contribution < -0.4 is 10.0 Å². The van der Waals surface area contributed by atoms with E-state index >= 15 is 0 Å². The molecule has 3 rings (SSSR count). The van der Waals surface area contributed by atoms with Crippen LogP contribution in [0.15, 0.2) is 71.6 Å². The van der Waals surface area contributed by atoms with E-state index in [0.717, 1.165) is 18.5 Å². The first-order valence-corrected chi connectivity index (χ1v) is 11.9. The number of nitrogens with zero attached hydrogens (tertiary/aromatic N) is 1. The summed E-state index contributed by atoms with van der Waals surface area (Å²) in [7, 11) is 0.356. The Morgan fingerprint density at radius 2 is 1.50 bits per heavy atom. The van der Waals surface area contributed by atoms with Crippen molar-refractivity contribution >= 4 is 27.3 Å². The van der Waals surface area contributed by atoms with Crippen molar-refractivity contribution in [2.75, 3.05) is 30.7 Å². The average molecular weight is 452 g/mol. The summed E-state index contributed by atoms with van der Waals surface area (Å²) in [5.74, 6) is -0.255. The van der Waals surface area contributed by atoms with Gasteiger partial charge in [0, 0.05) is 23.5 Å². The molecule has 0 saturated carbocycles. The van der Waals surface area contributed by atoms with Crippen LogP contribution in [0.1, 0.15) is 27.0 Å². The molecular weight excluding hydrogens is 422 g/mol. The minimum Gasteiger partial charge on any atom is -0.322 e. The van der Waals surface area contributed by atoms with Crippen LogP contribution in [0, 0.1) is 13.8 Å². The van der Waals surface area contributed by atoms with Crippen molar-refractivity contribution in [2.24, 2.45) is 0 Å². The van der Waals surface area contributed by atoms with Crippen LogP contribution in [0.2, 0.25) is 0 Å². The van der Waals surface area contributed by atoms with E-state index in [-0.39, 0.29) is 10.8 Å². The fraction of sp³-hybridized carbons (Fsp3) is 0.240. The molecule has 32 heavy (non-hydrogen) atoms. The Hall–Kier alpha value is -3.16. The second kappa shape index (κ2) is 9.97. The van der Waals surface area contributed by atoms with Gasteiger partial charge in [-0.05, 0) is 93.5 Å². The van der Waals surface area contributed by atoms with Gasteiger partial charge in [-0.2, -0.15) is 0 Å². The fourth-order valence-electron chi connectivity index (χ4n) is 3.21. The topological polar surface area (TPSA) is 78.5 Å². The van der Waals surface area contributed by atoms with Gasteiger partial charge in [-0.1, -0.05) is 24.3 Å². The highest BCUT2D eigenvalue weighted by Crippen LogP contribution is 2.21. The third-order valence-electron chi connectivity index (χ3n) is 5.09. The van der Waals surface area contributed by atoms with Crippen molar-refractivity contribution in [3.05, 3.63) is 89.0 Å². The summed E-state index contributed by atoms with van der Waals surface area (Å²) >= 11 is 0. The zero-order valence-electron chi connectivity index (χ0n) is 18.8. The Labute approximate surface area is 190 Å². The number of anilines is 2. The van der Waals surface area contributed by atoms with E-state index in [0.29, 0.717) is 22.5 Å². The molecule has 1 amide bonds. The van der Waals surface area contributed by atoms with Crippen molar-refractivity contribution < 1.29 is 13.2 Å². The number of sulfonamides is 1. The van der Waals surface area contributed by atoms with Crippen molar-refractivity contribution in [1.29, 1.82) is 0 Å². The molecule has 3 aromatic rings. The minimum atomic E-state index is -3.72. The molecule has 0 aliphatic heterocycles. The molecule has 0 radical (unpaired) electrons. The predicted octanol–water partition coefficient (Wildman–Crippen LogP) is 4.46. The number of aryl methyl sites for hydroxylation is 2. The van der Waals surface area contributed by atoms with E-state index in [2.05, 4.69) is 14.9 Å². The summed E-state index contributed by atoms with van der Waals surface area (Å²) in [6.45, 7) is 4.57. The lowest BCUT2D eigenvalue weighted by Gasteiger charge is -2.12. The minimum absolute atomic E-state index is 0.244. The SMILES string of the molecule is Cc1ccc(C)c(S(=O)(=O)Nc2ccc(C(=O)Nc3ccc(CCN(C)C)cc3)cc2)c1. The Morgan fingerprint density at radius 1 is 0.875 bits per heavy atom. The van der Waals surface area contributed by atoms with Crippen LogP contribution in [-0.2, 0) is 16.4 Å². The van der Waals surface area contributed by atoms with Gasteiger partial charge in [0.05, 0.1) is 4.90 Å². The highest BCUT2D eigenvalue weighted by molar-refractivity contribution is 7.92. The van der Waals surface area contributed by atoms with Gasteiger partial charge in [0.25, 0.3) is 15.9 Å². The monoisotopic (exact) mass is 451 g/mol. The first-order valence-electron chi connectivity index (χ1n) is 10.4. The largest absolute Gasteiger partial charge is 0.322 e. The van der Waals surface area contributed by atoms with E-state index in [1.54, 1.807) is 43.3 Å². The number of hydrogen-bond acceptors (Lipinski definition) is 4. The molecule has 0 bridgehead atoms. The molecular formula is C25H29N3O3S. The molecule has 0 unspecified atom stereocenters. The molecule has 0 atom stereocenters. The summed E-state index contributed by atoms with van der Waals surface area (Å²) in [5, 5.41) is 2.87. The lowest BCUT2D eigenvalue weighted by atomic mass is 10.1. The molecule has 2 N–H and O–H groups in total. The third kappa shape index (κ3) is 6.18. The maximum Gasteiger partial charge on any atom is 0.262 e. The van der Waals surface area contributed by atoms with Crippen molar-refractivity contribution in [1.82, 2.24) is 4.90 Å². The van der Waals surface area contributed by atoms with Crippen LogP contribution in [0.5, 0.6) is 0 Å². The van der Waals surface area contributed by atoms with Gasteiger partial charge >= 0.3 is 0 Å². The molecule has 0 saturated heterocycles. The van der Waals surface area contributed by atoms with Crippen molar-refractivity contribution in [3.8, 4) is 0 Å². The quantitative estimate of drug-likeness (QED) is 0.530. The summed E-state index contributed by atoms with van der Waals surface area (Å²) in [4.78, 5) is 14.9. The second-order valence-electron chi connectivity index (χ2n) is 8.16. The summed E-state index contributed by atoms with van der Waals surface area (Å²) in [5.41, 5.74) is 4.30. The summed E-state index contributed by atoms with van der Waals surface area (Å²) in [6.07, 6.45) is 0.945. The highest BCUT2D eigenvalue weighted by Gasteiger charge is 2.17. The van der Waals surface area contributed by atoms with Crippen LogP contribution >= 0.6 is 0 Å². The number of carbonyl (C=O) groups excluding carboxylic acids is 1. The van der Waals surface area contributed by atoms with E-state index in [9.17, 15) is 13.2 Å². The number of nitrogens with one attached hydrogen (secondary N) is 2. The van der Waals surface area contributed by atoms with Gasteiger partial charge in [-0.15, -0.1) is 0 Å². The molecule has 0 spiro atoms. The van der Waals surface area contributed by atoms with Gasteiger partial charge in [0.15, 0.2) is 0 Å². The van der Waals surface area contributed by atoms with E-state index < -0.39 is 10.0 Å². The van der Waals surface area contributed by atoms with Crippen LogP contribution in [-0.4, -0.2) is 39.9 Å². The molecule has 3 aromatic carbocycles. The average Bonchev–Trinajstić information content (AvgIpc) is 2.75. The normalized spacial score (nSPS) is 11.4. The summed E-state index contributed by atoms with van der Waals surface area (Å²) < 4.78 is 28.1. The number of amides is 1. The zero-order valence-corrected chi connectivity index (χ0v) is 19.7. The molecule has 168 valence electrons. The Morgan fingerprint density at radius 3 is 2.12 bits per heavy atom. The maximum absolute atomic E-state index is 12.8. The lowest BCUT2D eigenvalue weighted by Crippen LogP contribution is -2.15. The van der Waals surface area contributed by atoms with Crippen LogP contribution in [0.25, 0.3) is 0 Å². The van der Waals surface area contributed by atoms with Crippen molar-refractivity contribution in [3.63, 3.8) is 0 Å². The molecule has 0 aliphatic rings. The van der Waals surface area contributed by atoms with Gasteiger partial charge < -0.3 is 10.2 Å². The summed E-state index contributed by atoms with van der Waals surface area (Å²) in [6, 6.07) is 19.4. The van der Waals surface area contributed by atoms with Gasteiger partial charge in [-0.3, -0.25) is 9.52 Å². The first-order chi connectivity index (χ1) is 15.1. The van der Waals surface area contributed by atoms with Gasteiger partial charge in [-0.25, -0.2) is 8.42 Å². The molecule has 6 nitrogen and oxygen atoms in total. The second-order valence-corrected chi connectivity index (χ2v) is 9.81. The molecule has 0 aromatic heterocycles. The predicted molar refractivity (Wildman–Crippen MR) is 130 cm³/mol. The number of rotatable bonds is 8. The number of carbonyl (C=O) groups is 1. The fourth-order valence-corrected chi connectivity index (χ4v) is 4.60. The molecule has 7 heteroatoms. The van der Waals surface area contributed by atoms with Gasteiger partial charge in [0.2, 0.25) is 0 Å². The Bertz CT molecular complexity index is 1190. The van der Waals surface area contributed by atoms with E-state index in [1.165, 1.54) is 5.56 Å². The lowest BCUT2D eigenvalue weighted by molar-refractivity contribution is 0.102. The zero-order chi connectivity index (χ0) is 23.3. The van der Waals surface area contributed by atoms with Crippen LogP contribution in [0.4, 0.5) is 11.4 Å². The van der Waals surface area contributed by atoms with E-state index in [1.807, 2.05) is 51.4 Å². The number of hydrogen-bond donors (Lipinski definition) is 2. The third-order valence-corrected chi connectivity index (χ3v) is 6.62. The maximum atomic E-state index is 12.8. The first kappa shape index (κ1) is 23.5. The molecule has 0 aliphatic carbocycles. The number of benzene rings is 3. The smallest absolute Gasteiger partial charge is 0.262 e. The number of likely N-dealkylation sites (N-methyl/N-ethyl adjacent to an activating group) is 1. The molecule has 0 heterocycles. The van der Waals surface area contributed by atoms with Crippen LogP contribution in [0.3, 0.4) is 0 Å². The Kier molecular flexibility index (Phi) is 7.33.